The minimum Gasteiger partial charge on any atom is -0.368 e. The molecule has 1 fully saturated rings. The van der Waals surface area contributed by atoms with Crippen LogP contribution in [0.1, 0.15) is 16.8 Å². The van der Waals surface area contributed by atoms with E-state index in [9.17, 15) is 9.59 Å². The van der Waals surface area contributed by atoms with Crippen LogP contribution in [0.15, 0.2) is 54.6 Å². The van der Waals surface area contributed by atoms with E-state index in [2.05, 4.69) is 5.32 Å². The molecule has 4 nitrogen and oxygen atoms in total. The first-order chi connectivity index (χ1) is 10.6. The molecule has 1 amide bonds. The summed E-state index contributed by atoms with van der Waals surface area (Å²) in [5.74, 6) is -0.699. The first-order valence-electron chi connectivity index (χ1n) is 7.22. The van der Waals surface area contributed by atoms with E-state index in [-0.39, 0.29) is 5.78 Å². The molecule has 1 aliphatic rings. The van der Waals surface area contributed by atoms with E-state index >= 15 is 0 Å². The Bertz CT molecular complexity index is 706. The summed E-state index contributed by atoms with van der Waals surface area (Å²) in [5, 5.41) is 2.97. The number of hydrogen-bond acceptors (Lipinski definition) is 3. The van der Waals surface area contributed by atoms with Crippen LogP contribution < -0.4 is 11.1 Å². The van der Waals surface area contributed by atoms with Gasteiger partial charge in [-0.2, -0.15) is 0 Å². The number of carbonyl (C=O) groups is 2. The van der Waals surface area contributed by atoms with Gasteiger partial charge < -0.3 is 11.1 Å². The molecule has 4 heteroatoms. The van der Waals surface area contributed by atoms with Gasteiger partial charge in [-0.1, -0.05) is 54.6 Å². The number of rotatable bonds is 5. The topological polar surface area (TPSA) is 72.2 Å². The molecule has 1 heterocycles. The first kappa shape index (κ1) is 14.5. The molecule has 1 aliphatic heterocycles. The van der Waals surface area contributed by atoms with E-state index in [1.54, 1.807) is 6.07 Å². The number of benzene rings is 2. The average molecular weight is 293 g/mol. The van der Waals surface area contributed by atoms with Gasteiger partial charge in [0.05, 0.1) is 6.42 Å². The molecule has 1 unspecified atom stereocenters. The van der Waals surface area contributed by atoms with Crippen molar-refractivity contribution in [3.8, 4) is 11.1 Å². The summed E-state index contributed by atoms with van der Waals surface area (Å²) in [6, 6.07) is 17.1. The van der Waals surface area contributed by atoms with Crippen molar-refractivity contribution in [2.24, 2.45) is 5.73 Å². The van der Waals surface area contributed by atoms with Gasteiger partial charge in [-0.05, 0) is 24.1 Å². The highest BCUT2D eigenvalue weighted by molar-refractivity contribution is 6.11. The summed E-state index contributed by atoms with van der Waals surface area (Å²) >= 11 is 0. The van der Waals surface area contributed by atoms with Crippen molar-refractivity contribution in [1.29, 1.82) is 0 Å². The van der Waals surface area contributed by atoms with Crippen molar-refractivity contribution in [2.75, 3.05) is 6.54 Å². The highest BCUT2D eigenvalue weighted by atomic mass is 16.2. The molecule has 111 valence electrons. The normalized spacial score (nSPS) is 20.2. The molecule has 0 spiro atoms. The summed E-state index contributed by atoms with van der Waals surface area (Å²) in [4.78, 5) is 24.2. The summed E-state index contributed by atoms with van der Waals surface area (Å²) in [7, 11) is 0. The van der Waals surface area contributed by atoms with Crippen LogP contribution in [0.2, 0.25) is 0 Å². The maximum absolute atomic E-state index is 12.6. The van der Waals surface area contributed by atoms with Gasteiger partial charge in [-0.15, -0.1) is 0 Å². The number of Topliss-reactive ketones (excluding diaryl/α,β-unsaturated/α-hetero) is 1. The number of carbonyl (C=O) groups excluding carboxylic acids is 2. The maximum Gasteiger partial charge on any atom is 0.238 e. The number of nitrogens with one attached hydrogen (secondary N) is 1. The van der Waals surface area contributed by atoms with Gasteiger partial charge in [-0.3, -0.25) is 9.59 Å². The van der Waals surface area contributed by atoms with E-state index in [1.165, 1.54) is 6.42 Å². The lowest BCUT2D eigenvalue weighted by atomic mass is 9.80. The van der Waals surface area contributed by atoms with Crippen LogP contribution in [0.5, 0.6) is 0 Å². The zero-order chi connectivity index (χ0) is 15.6. The van der Waals surface area contributed by atoms with Crippen molar-refractivity contribution in [3.63, 3.8) is 0 Å². The lowest BCUT2D eigenvalue weighted by molar-refractivity contribution is -0.125. The summed E-state index contributed by atoms with van der Waals surface area (Å²) in [6.07, 6.45) is 1.97. The number of ketones is 1. The fourth-order valence-corrected chi connectivity index (χ4v) is 2.67. The van der Waals surface area contributed by atoms with Gasteiger partial charge in [0.2, 0.25) is 5.91 Å². The highest BCUT2D eigenvalue weighted by Crippen LogP contribution is 2.28. The van der Waals surface area contributed by atoms with Crippen LogP contribution in [0.4, 0.5) is 0 Å². The molecule has 3 N–H and O–H groups in total. The van der Waals surface area contributed by atoms with Gasteiger partial charge in [0, 0.05) is 5.56 Å². The van der Waals surface area contributed by atoms with Gasteiger partial charge in [0.1, 0.15) is 5.54 Å². The molecule has 22 heavy (non-hydrogen) atoms. The SMILES string of the molecule is NC(=O)C1([CH]C(=O)c2ccccc2-c2ccccc2)CCN1. The molecule has 0 aliphatic carbocycles. The van der Waals surface area contributed by atoms with Crippen LogP contribution in [0.25, 0.3) is 11.1 Å². The maximum atomic E-state index is 12.6. The lowest BCUT2D eigenvalue weighted by Gasteiger charge is -2.39. The second-order valence-electron chi connectivity index (χ2n) is 5.43. The van der Waals surface area contributed by atoms with Crippen molar-refractivity contribution in [2.45, 2.75) is 12.0 Å². The zero-order valence-electron chi connectivity index (χ0n) is 12.1. The van der Waals surface area contributed by atoms with Gasteiger partial charge in [-0.25, -0.2) is 0 Å². The molecule has 2 aromatic rings. The van der Waals surface area contributed by atoms with Crippen LogP contribution in [0, 0.1) is 6.42 Å². The first-order valence-corrected chi connectivity index (χ1v) is 7.22. The Morgan fingerprint density at radius 3 is 2.27 bits per heavy atom. The molecule has 0 bridgehead atoms. The molecule has 1 atom stereocenters. The quantitative estimate of drug-likeness (QED) is 0.828. The van der Waals surface area contributed by atoms with E-state index in [0.717, 1.165) is 11.1 Å². The second-order valence-corrected chi connectivity index (χ2v) is 5.43. The highest BCUT2D eigenvalue weighted by Gasteiger charge is 2.44. The van der Waals surface area contributed by atoms with E-state index in [4.69, 9.17) is 5.73 Å². The van der Waals surface area contributed by atoms with Gasteiger partial charge >= 0.3 is 0 Å². The molecule has 1 radical (unpaired) electrons. The Morgan fingerprint density at radius 2 is 1.68 bits per heavy atom. The number of hydrogen-bond donors (Lipinski definition) is 2. The number of nitrogens with two attached hydrogens (primary N) is 1. The van der Waals surface area contributed by atoms with Crippen molar-refractivity contribution >= 4 is 11.7 Å². The molecular formula is C18H17N2O2. The largest absolute Gasteiger partial charge is 0.368 e. The Kier molecular flexibility index (Phi) is 3.77. The van der Waals surface area contributed by atoms with Crippen LogP contribution >= 0.6 is 0 Å². The molecule has 2 aromatic carbocycles. The zero-order valence-corrected chi connectivity index (χ0v) is 12.1. The number of amides is 1. The molecule has 3 rings (SSSR count). The van der Waals surface area contributed by atoms with Gasteiger partial charge in [0.25, 0.3) is 0 Å². The minimum absolute atomic E-state index is 0.189. The van der Waals surface area contributed by atoms with Crippen molar-refractivity contribution < 1.29 is 9.59 Å². The molecule has 0 saturated carbocycles. The fourth-order valence-electron chi connectivity index (χ4n) is 2.67. The van der Waals surface area contributed by atoms with E-state index in [1.807, 2.05) is 48.5 Å². The molecular weight excluding hydrogens is 276 g/mol. The Balaban J connectivity index is 1.92. The third-order valence-electron chi connectivity index (χ3n) is 4.05. The van der Waals surface area contributed by atoms with Crippen molar-refractivity contribution in [3.05, 3.63) is 66.6 Å². The standard InChI is InChI=1S/C18H17N2O2/c19-17(22)18(10-11-20-18)12-16(21)15-9-5-4-8-14(15)13-6-2-1-3-7-13/h1-9,12,20H,10-11H2,(H2,19,22). The van der Waals surface area contributed by atoms with Gasteiger partial charge in [0.15, 0.2) is 5.78 Å². The second kappa shape index (κ2) is 5.73. The predicted molar refractivity (Wildman–Crippen MR) is 85.1 cm³/mol. The smallest absolute Gasteiger partial charge is 0.238 e. The summed E-state index contributed by atoms with van der Waals surface area (Å²) in [5.41, 5.74) is 6.81. The van der Waals surface area contributed by atoms with Crippen LogP contribution in [-0.4, -0.2) is 23.8 Å². The number of primary amides is 1. The Morgan fingerprint density at radius 1 is 1.05 bits per heavy atom. The van der Waals surface area contributed by atoms with E-state index in [0.29, 0.717) is 18.5 Å². The van der Waals surface area contributed by atoms with E-state index < -0.39 is 11.4 Å². The minimum atomic E-state index is -0.999. The van der Waals surface area contributed by atoms with Crippen molar-refractivity contribution in [1.82, 2.24) is 5.32 Å². The molecule has 1 saturated heterocycles. The Hall–Kier alpha value is -2.46. The summed E-state index contributed by atoms with van der Waals surface area (Å²) in [6.45, 7) is 0.688. The fraction of sp³-hybridized carbons (Fsp3) is 0.167. The Labute approximate surface area is 129 Å². The third kappa shape index (κ3) is 2.53. The molecule has 0 aromatic heterocycles. The van der Waals surface area contributed by atoms with Crippen LogP contribution in [0.3, 0.4) is 0 Å². The predicted octanol–water partition coefficient (Wildman–Crippen LogP) is 1.96. The lowest BCUT2D eigenvalue weighted by Crippen LogP contribution is -2.65. The van der Waals surface area contributed by atoms with Crippen LogP contribution in [-0.2, 0) is 4.79 Å². The monoisotopic (exact) mass is 293 g/mol. The summed E-state index contributed by atoms with van der Waals surface area (Å²) < 4.78 is 0. The third-order valence-corrected chi connectivity index (χ3v) is 4.05. The average Bonchev–Trinajstić information content (AvgIpc) is 2.51.